The van der Waals surface area contributed by atoms with E-state index in [9.17, 15) is 24.4 Å². The minimum atomic E-state index is -0.881. The molecule has 1 aliphatic carbocycles. The summed E-state index contributed by atoms with van der Waals surface area (Å²) in [5.41, 5.74) is 4.03. The fourth-order valence-corrected chi connectivity index (χ4v) is 6.30. The van der Waals surface area contributed by atoms with Crippen LogP contribution < -0.4 is 10.2 Å². The zero-order valence-electron chi connectivity index (χ0n) is 22.7. The number of nitrogens with zero attached hydrogens (tertiary/aromatic N) is 4. The van der Waals surface area contributed by atoms with Crippen LogP contribution in [0.1, 0.15) is 67.8 Å². The van der Waals surface area contributed by atoms with Gasteiger partial charge in [-0.05, 0) is 69.0 Å². The highest BCUT2D eigenvalue weighted by atomic mass is 32.2. The summed E-state index contributed by atoms with van der Waals surface area (Å²) in [4.78, 5) is 59.2. The Labute approximate surface area is 232 Å². The first-order valence-electron chi connectivity index (χ1n) is 13.2. The predicted molar refractivity (Wildman–Crippen MR) is 149 cm³/mol. The summed E-state index contributed by atoms with van der Waals surface area (Å²) < 4.78 is 0. The average Bonchev–Trinajstić information content (AvgIpc) is 3.20. The molecule has 4 rings (SSSR count). The number of pyridine rings is 1. The van der Waals surface area contributed by atoms with Crippen LogP contribution in [0.5, 0.6) is 0 Å². The maximum Gasteiger partial charge on any atom is 0.257 e. The van der Waals surface area contributed by atoms with Crippen molar-refractivity contribution >= 4 is 46.8 Å². The average molecular weight is 548 g/mol. The number of aromatic nitrogens is 1. The maximum absolute atomic E-state index is 13.8. The summed E-state index contributed by atoms with van der Waals surface area (Å²) in [6.07, 6.45) is 4.48. The minimum absolute atomic E-state index is 0.0174. The summed E-state index contributed by atoms with van der Waals surface area (Å²) in [7, 11) is 0. The van der Waals surface area contributed by atoms with Gasteiger partial charge in [0.2, 0.25) is 17.7 Å². The van der Waals surface area contributed by atoms with E-state index in [0.717, 1.165) is 53.8 Å². The highest BCUT2D eigenvalue weighted by Crippen LogP contribution is 2.33. The molecule has 1 aromatic heterocycles. The van der Waals surface area contributed by atoms with Gasteiger partial charge in [0.15, 0.2) is 0 Å². The Hall–Kier alpha value is -3.71. The second kappa shape index (κ2) is 12.0. The van der Waals surface area contributed by atoms with E-state index in [2.05, 4.69) is 16.4 Å². The lowest BCUT2D eigenvalue weighted by Gasteiger charge is -2.37. The molecule has 4 amide bonds. The number of nitriles is 1. The van der Waals surface area contributed by atoms with Crippen molar-refractivity contribution in [1.82, 2.24) is 9.88 Å². The number of amides is 4. The van der Waals surface area contributed by atoms with Crippen molar-refractivity contribution in [2.45, 2.75) is 83.3 Å². The smallest absolute Gasteiger partial charge is 0.257 e. The van der Waals surface area contributed by atoms with Gasteiger partial charge in [-0.1, -0.05) is 31.0 Å². The predicted octanol–water partition coefficient (Wildman–Crippen LogP) is 4.42. The monoisotopic (exact) mass is 547 g/mol. The number of carbonyl (C=O) groups is 4. The summed E-state index contributed by atoms with van der Waals surface area (Å²) in [5.74, 6) is -1.22. The van der Waals surface area contributed by atoms with Gasteiger partial charge in [0.1, 0.15) is 17.1 Å². The van der Waals surface area contributed by atoms with Crippen molar-refractivity contribution in [2.24, 2.45) is 0 Å². The Bertz CT molecular complexity index is 1340. The molecule has 204 valence electrons. The number of benzene rings is 1. The summed E-state index contributed by atoms with van der Waals surface area (Å²) in [6.45, 7) is 7.08. The Morgan fingerprint density at radius 1 is 1.10 bits per heavy atom. The number of hydrogen-bond acceptors (Lipinski definition) is 7. The normalized spacial score (nSPS) is 17.7. The first-order chi connectivity index (χ1) is 18.6. The molecule has 1 aliphatic heterocycles. The van der Waals surface area contributed by atoms with E-state index >= 15 is 0 Å². The number of nitrogens with one attached hydrogen (secondary N) is 1. The number of aryl methyl sites for hydroxylation is 1. The minimum Gasteiger partial charge on any atom is -0.326 e. The number of imide groups is 1. The van der Waals surface area contributed by atoms with Crippen LogP contribution in [0, 0.1) is 32.1 Å². The number of thioether (sulfide) groups is 1. The first-order valence-corrected chi connectivity index (χ1v) is 14.2. The van der Waals surface area contributed by atoms with Crippen LogP contribution in [0.15, 0.2) is 29.3 Å². The first kappa shape index (κ1) is 28.3. The topological polar surface area (TPSA) is 123 Å². The molecule has 1 aromatic carbocycles. The maximum atomic E-state index is 13.8. The Morgan fingerprint density at radius 2 is 1.77 bits per heavy atom. The Morgan fingerprint density at radius 3 is 2.38 bits per heavy atom. The van der Waals surface area contributed by atoms with Gasteiger partial charge in [0.05, 0.1) is 23.4 Å². The third kappa shape index (κ3) is 5.98. The number of rotatable bonds is 7. The second-order valence-electron chi connectivity index (χ2n) is 10.1. The molecule has 1 unspecified atom stereocenters. The van der Waals surface area contributed by atoms with Gasteiger partial charge in [0, 0.05) is 24.3 Å². The standard InChI is InChI=1S/C29H33N5O4S/c1-17-18(2)24(15-30)28(31-19(17)3)39-16-27(37)33(22-8-6-5-7-9-22)25-14-26(36)34(29(25)38)23-12-10-21(11-13-23)32-20(4)35/h10-13,22,25H,5-9,14,16H2,1-4H3,(H,32,35). The molecule has 2 aromatic rings. The summed E-state index contributed by atoms with van der Waals surface area (Å²) >= 11 is 1.20. The van der Waals surface area contributed by atoms with E-state index in [1.54, 1.807) is 29.2 Å². The van der Waals surface area contributed by atoms with Gasteiger partial charge < -0.3 is 10.2 Å². The van der Waals surface area contributed by atoms with Crippen LogP contribution in [0.25, 0.3) is 0 Å². The highest BCUT2D eigenvalue weighted by molar-refractivity contribution is 8.00. The van der Waals surface area contributed by atoms with Crippen LogP contribution >= 0.6 is 11.8 Å². The molecule has 1 saturated carbocycles. The largest absolute Gasteiger partial charge is 0.326 e. The third-order valence-electron chi connectivity index (χ3n) is 7.57. The summed E-state index contributed by atoms with van der Waals surface area (Å²) in [6, 6.07) is 7.71. The number of hydrogen-bond donors (Lipinski definition) is 1. The molecule has 2 fully saturated rings. The molecule has 10 heteroatoms. The Kier molecular flexibility index (Phi) is 8.70. The quantitative estimate of drug-likeness (QED) is 0.402. The van der Waals surface area contributed by atoms with Crippen LogP contribution in [-0.4, -0.2) is 51.3 Å². The fraction of sp³-hybridized carbons (Fsp3) is 0.448. The van der Waals surface area contributed by atoms with Gasteiger partial charge in [-0.25, -0.2) is 9.88 Å². The molecule has 0 spiro atoms. The third-order valence-corrected chi connectivity index (χ3v) is 8.53. The lowest BCUT2D eigenvalue weighted by atomic mass is 9.92. The molecule has 1 saturated heterocycles. The zero-order chi connectivity index (χ0) is 28.3. The van der Waals surface area contributed by atoms with E-state index in [1.807, 2.05) is 20.8 Å². The van der Waals surface area contributed by atoms with Gasteiger partial charge in [-0.15, -0.1) is 0 Å². The van der Waals surface area contributed by atoms with Crippen LogP contribution in [0.2, 0.25) is 0 Å². The van der Waals surface area contributed by atoms with Crippen LogP contribution in [0.3, 0.4) is 0 Å². The van der Waals surface area contributed by atoms with E-state index in [4.69, 9.17) is 0 Å². The van der Waals surface area contributed by atoms with Crippen LogP contribution in [0.4, 0.5) is 11.4 Å². The molecule has 39 heavy (non-hydrogen) atoms. The van der Waals surface area contributed by atoms with Crippen molar-refractivity contribution in [2.75, 3.05) is 16.0 Å². The van der Waals surface area contributed by atoms with Crippen molar-refractivity contribution in [3.05, 3.63) is 46.6 Å². The molecule has 0 radical (unpaired) electrons. The molecule has 1 N–H and O–H groups in total. The van der Waals surface area contributed by atoms with Crippen LogP contribution in [-0.2, 0) is 19.2 Å². The van der Waals surface area contributed by atoms with Gasteiger partial charge in [-0.3, -0.25) is 19.2 Å². The van der Waals surface area contributed by atoms with Crippen molar-refractivity contribution < 1.29 is 19.2 Å². The molecule has 2 heterocycles. The number of anilines is 2. The van der Waals surface area contributed by atoms with Gasteiger partial charge >= 0.3 is 0 Å². The number of carbonyl (C=O) groups excluding carboxylic acids is 4. The lowest BCUT2D eigenvalue weighted by Crippen LogP contribution is -2.52. The molecular weight excluding hydrogens is 514 g/mol. The van der Waals surface area contributed by atoms with E-state index < -0.39 is 11.9 Å². The van der Waals surface area contributed by atoms with Gasteiger partial charge in [0.25, 0.3) is 5.91 Å². The lowest BCUT2D eigenvalue weighted by molar-refractivity contribution is -0.139. The highest BCUT2D eigenvalue weighted by Gasteiger charge is 2.46. The molecule has 0 bridgehead atoms. The summed E-state index contributed by atoms with van der Waals surface area (Å²) in [5, 5.41) is 12.9. The van der Waals surface area contributed by atoms with E-state index in [1.165, 1.54) is 18.7 Å². The molecule has 2 aliphatic rings. The fourth-order valence-electron chi connectivity index (χ4n) is 5.34. The van der Waals surface area contributed by atoms with Crippen molar-refractivity contribution in [3.8, 4) is 6.07 Å². The molecule has 1 atom stereocenters. The Balaban J connectivity index is 1.58. The second-order valence-corrected chi connectivity index (χ2v) is 11.1. The van der Waals surface area contributed by atoms with Crippen molar-refractivity contribution in [1.29, 1.82) is 5.26 Å². The zero-order valence-corrected chi connectivity index (χ0v) is 23.6. The SMILES string of the molecule is CC(=O)Nc1ccc(N2C(=O)CC(N(C(=O)CSc3nc(C)c(C)c(C)c3C#N)C3CCCCC3)C2=O)cc1. The molecule has 9 nitrogen and oxygen atoms in total. The molecular formula is C29H33N5O4S. The van der Waals surface area contributed by atoms with E-state index in [-0.39, 0.29) is 35.9 Å². The van der Waals surface area contributed by atoms with E-state index in [0.29, 0.717) is 22.0 Å². The van der Waals surface area contributed by atoms with Crippen molar-refractivity contribution in [3.63, 3.8) is 0 Å². The van der Waals surface area contributed by atoms with Gasteiger partial charge in [-0.2, -0.15) is 5.26 Å².